The third-order valence-corrected chi connectivity index (χ3v) is 5.83. The lowest BCUT2D eigenvalue weighted by molar-refractivity contribution is -0.137. The number of carbonyl (C=O) groups excluding carboxylic acids is 1. The van der Waals surface area contributed by atoms with Crippen molar-refractivity contribution in [2.75, 3.05) is 20.8 Å². The normalized spacial score (nSPS) is 15.6. The van der Waals surface area contributed by atoms with Crippen LogP contribution in [0.1, 0.15) is 38.7 Å². The molecule has 0 bridgehead atoms. The van der Waals surface area contributed by atoms with Crippen LogP contribution in [0, 0.1) is 11.6 Å². The van der Waals surface area contributed by atoms with Gasteiger partial charge in [0.25, 0.3) is 5.91 Å². The van der Waals surface area contributed by atoms with Crippen LogP contribution in [0.4, 0.5) is 22.0 Å². The lowest BCUT2D eigenvalue weighted by Crippen LogP contribution is -2.40. The fourth-order valence-corrected chi connectivity index (χ4v) is 4.20. The van der Waals surface area contributed by atoms with Crippen molar-refractivity contribution in [2.45, 2.75) is 18.6 Å². The molecule has 1 amide bonds. The van der Waals surface area contributed by atoms with E-state index in [4.69, 9.17) is 9.47 Å². The van der Waals surface area contributed by atoms with Crippen LogP contribution in [-0.2, 0) is 12.6 Å². The summed E-state index contributed by atoms with van der Waals surface area (Å²) in [6.07, 6.45) is -4.21. The highest BCUT2D eigenvalue weighted by Crippen LogP contribution is 2.42. The minimum absolute atomic E-state index is 0.111. The fourth-order valence-electron chi connectivity index (χ4n) is 4.20. The van der Waals surface area contributed by atoms with Gasteiger partial charge in [0.15, 0.2) is 23.1 Å². The third-order valence-electron chi connectivity index (χ3n) is 5.83. The Morgan fingerprint density at radius 2 is 1.65 bits per heavy atom. The van der Waals surface area contributed by atoms with Gasteiger partial charge in [0.2, 0.25) is 0 Å². The van der Waals surface area contributed by atoms with E-state index in [-0.39, 0.29) is 17.7 Å². The molecule has 0 saturated carbocycles. The molecule has 34 heavy (non-hydrogen) atoms. The van der Waals surface area contributed by atoms with Crippen molar-refractivity contribution in [3.05, 3.63) is 94.0 Å². The lowest BCUT2D eigenvalue weighted by Gasteiger charge is -2.38. The van der Waals surface area contributed by atoms with Gasteiger partial charge in [0, 0.05) is 12.1 Å². The molecule has 0 fully saturated rings. The number of fused-ring (bicyclic) bond motifs is 1. The molecule has 4 rings (SSSR count). The Kier molecular flexibility index (Phi) is 6.20. The van der Waals surface area contributed by atoms with Gasteiger partial charge < -0.3 is 14.4 Å². The number of amides is 1. The first kappa shape index (κ1) is 23.5. The molecule has 4 nitrogen and oxygen atoms in total. The topological polar surface area (TPSA) is 38.8 Å². The smallest absolute Gasteiger partial charge is 0.416 e. The number of rotatable bonds is 4. The Labute approximate surface area is 192 Å². The molecule has 0 spiro atoms. The quantitative estimate of drug-likeness (QED) is 0.447. The number of halogens is 5. The third kappa shape index (κ3) is 4.30. The maximum atomic E-state index is 13.8. The second-order valence-corrected chi connectivity index (χ2v) is 7.81. The summed E-state index contributed by atoms with van der Waals surface area (Å²) in [4.78, 5) is 14.7. The van der Waals surface area contributed by atoms with Gasteiger partial charge in [-0.3, -0.25) is 4.79 Å². The van der Waals surface area contributed by atoms with E-state index in [1.54, 1.807) is 12.1 Å². The summed E-state index contributed by atoms with van der Waals surface area (Å²) >= 11 is 0. The van der Waals surface area contributed by atoms with E-state index in [0.29, 0.717) is 23.5 Å². The Morgan fingerprint density at radius 3 is 2.29 bits per heavy atom. The Bertz CT molecular complexity index is 1240. The number of ether oxygens (including phenoxy) is 2. The van der Waals surface area contributed by atoms with E-state index in [0.717, 1.165) is 35.9 Å². The van der Waals surface area contributed by atoms with Crippen LogP contribution in [-0.4, -0.2) is 31.6 Å². The van der Waals surface area contributed by atoms with Gasteiger partial charge in [-0.25, -0.2) is 8.78 Å². The number of hydrogen-bond acceptors (Lipinski definition) is 3. The molecule has 178 valence electrons. The van der Waals surface area contributed by atoms with Crippen molar-refractivity contribution >= 4 is 5.91 Å². The molecule has 0 N–H and O–H groups in total. The van der Waals surface area contributed by atoms with Gasteiger partial charge >= 0.3 is 6.18 Å². The predicted molar refractivity (Wildman–Crippen MR) is 114 cm³/mol. The first-order chi connectivity index (χ1) is 16.1. The van der Waals surface area contributed by atoms with Gasteiger partial charge in [-0.15, -0.1) is 0 Å². The molecule has 3 aromatic rings. The summed E-state index contributed by atoms with van der Waals surface area (Å²) in [7, 11) is 2.90. The maximum absolute atomic E-state index is 13.8. The van der Waals surface area contributed by atoms with E-state index < -0.39 is 35.3 Å². The molecule has 0 aromatic heterocycles. The zero-order valence-corrected chi connectivity index (χ0v) is 18.2. The fraction of sp³-hybridized carbons (Fsp3) is 0.240. The summed E-state index contributed by atoms with van der Waals surface area (Å²) in [6, 6.07) is 9.91. The van der Waals surface area contributed by atoms with Gasteiger partial charge in [0.1, 0.15) is 0 Å². The van der Waals surface area contributed by atoms with E-state index in [2.05, 4.69) is 0 Å². The SMILES string of the molecule is COc1cc2c(cc1OC)[C@@H](c1cccc(C(F)(F)F)c1)N(C(=O)c1ccc(F)c(F)c1)CC2. The average Bonchev–Trinajstić information content (AvgIpc) is 2.83. The zero-order valence-electron chi connectivity index (χ0n) is 18.2. The van der Waals surface area contributed by atoms with E-state index in [1.807, 2.05) is 0 Å². The predicted octanol–water partition coefficient (Wildman–Crippen LogP) is 5.79. The summed E-state index contributed by atoms with van der Waals surface area (Å²) in [5.41, 5.74) is 0.574. The molecule has 9 heteroatoms. The standard InChI is InChI=1S/C25H20F5NO3/c1-33-21-12-14-8-9-31(24(32)16-6-7-19(26)20(27)11-16)23(18(14)13-22(21)34-2)15-4-3-5-17(10-15)25(28,29)30/h3-7,10-13,23H,8-9H2,1-2H3/t23-/m1/s1. The monoisotopic (exact) mass is 477 g/mol. The van der Waals surface area contributed by atoms with Crippen molar-refractivity contribution in [2.24, 2.45) is 0 Å². The van der Waals surface area contributed by atoms with Crippen LogP contribution in [0.25, 0.3) is 0 Å². The molecule has 0 radical (unpaired) electrons. The largest absolute Gasteiger partial charge is 0.493 e. The van der Waals surface area contributed by atoms with Crippen LogP contribution in [0.15, 0.2) is 54.6 Å². The van der Waals surface area contributed by atoms with Crippen LogP contribution in [0.5, 0.6) is 11.5 Å². The molecule has 3 aromatic carbocycles. The number of carbonyl (C=O) groups is 1. The zero-order chi connectivity index (χ0) is 24.6. The number of nitrogens with zero attached hydrogens (tertiary/aromatic N) is 1. The van der Waals surface area contributed by atoms with Crippen LogP contribution in [0.3, 0.4) is 0 Å². The molecule has 0 unspecified atom stereocenters. The van der Waals surface area contributed by atoms with Crippen LogP contribution in [0.2, 0.25) is 0 Å². The molecule has 0 aliphatic carbocycles. The summed E-state index contributed by atoms with van der Waals surface area (Å²) in [5, 5.41) is 0. The van der Waals surface area contributed by atoms with Crippen molar-refractivity contribution in [1.82, 2.24) is 4.90 Å². The Balaban J connectivity index is 1.89. The second-order valence-electron chi connectivity index (χ2n) is 7.81. The molecule has 1 atom stereocenters. The minimum atomic E-state index is -4.58. The number of hydrogen-bond donors (Lipinski definition) is 0. The van der Waals surface area contributed by atoms with E-state index in [9.17, 15) is 26.7 Å². The first-order valence-electron chi connectivity index (χ1n) is 10.3. The van der Waals surface area contributed by atoms with Crippen molar-refractivity contribution in [3.63, 3.8) is 0 Å². The summed E-state index contributed by atoms with van der Waals surface area (Å²) < 4.78 is 78.3. The first-order valence-corrected chi connectivity index (χ1v) is 10.3. The molecular formula is C25H20F5NO3. The van der Waals surface area contributed by atoms with Gasteiger partial charge in [-0.2, -0.15) is 13.2 Å². The molecular weight excluding hydrogens is 457 g/mol. The maximum Gasteiger partial charge on any atom is 0.416 e. The summed E-state index contributed by atoms with van der Waals surface area (Å²) in [6.45, 7) is 0.140. The highest BCUT2D eigenvalue weighted by atomic mass is 19.4. The molecule has 1 aliphatic heterocycles. The van der Waals surface area contributed by atoms with Crippen molar-refractivity contribution < 1.29 is 36.2 Å². The Morgan fingerprint density at radius 1 is 0.941 bits per heavy atom. The second kappa shape index (κ2) is 8.96. The van der Waals surface area contributed by atoms with Gasteiger partial charge in [-0.05, 0) is 65.6 Å². The van der Waals surface area contributed by atoms with Crippen molar-refractivity contribution in [1.29, 1.82) is 0 Å². The minimum Gasteiger partial charge on any atom is -0.493 e. The van der Waals surface area contributed by atoms with Gasteiger partial charge in [-0.1, -0.05) is 12.1 Å². The number of benzene rings is 3. The van der Waals surface area contributed by atoms with E-state index >= 15 is 0 Å². The molecule has 1 aliphatic rings. The molecule has 0 saturated heterocycles. The lowest BCUT2D eigenvalue weighted by atomic mass is 9.86. The Hall–Kier alpha value is -3.62. The molecule has 1 heterocycles. The number of methoxy groups -OCH3 is 2. The van der Waals surface area contributed by atoms with Crippen LogP contribution >= 0.6 is 0 Å². The van der Waals surface area contributed by atoms with Crippen LogP contribution < -0.4 is 9.47 Å². The summed E-state index contributed by atoms with van der Waals surface area (Å²) in [5.74, 6) is -2.14. The highest BCUT2D eigenvalue weighted by Gasteiger charge is 2.36. The highest BCUT2D eigenvalue weighted by molar-refractivity contribution is 5.95. The van der Waals surface area contributed by atoms with Gasteiger partial charge in [0.05, 0.1) is 25.8 Å². The van der Waals surface area contributed by atoms with E-state index in [1.165, 1.54) is 31.3 Å². The number of alkyl halides is 3. The van der Waals surface area contributed by atoms with Crippen molar-refractivity contribution in [3.8, 4) is 11.5 Å². The average molecular weight is 477 g/mol.